The number of rotatable bonds is 2. The lowest BCUT2D eigenvalue weighted by molar-refractivity contribution is 0.236. The standard InChI is InChI=1S/C14H22/c1-3-14(9-5-4-6-10-14)13-8-7-12(2)11-13/h7-8,11-12H,3-6,9-10H2,1-2H3. The monoisotopic (exact) mass is 190 g/mol. The van der Waals surface area contributed by atoms with Crippen molar-refractivity contribution < 1.29 is 0 Å². The van der Waals surface area contributed by atoms with E-state index in [1.54, 1.807) is 5.57 Å². The normalized spacial score (nSPS) is 30.4. The van der Waals surface area contributed by atoms with Crippen molar-refractivity contribution in [2.75, 3.05) is 0 Å². The minimum absolute atomic E-state index is 0.555. The molecular weight excluding hydrogens is 168 g/mol. The van der Waals surface area contributed by atoms with E-state index in [1.807, 2.05) is 0 Å². The molecule has 0 bridgehead atoms. The zero-order chi connectivity index (χ0) is 10.0. The van der Waals surface area contributed by atoms with Crippen molar-refractivity contribution in [1.29, 1.82) is 0 Å². The van der Waals surface area contributed by atoms with Gasteiger partial charge in [0.25, 0.3) is 0 Å². The molecule has 0 amide bonds. The Labute approximate surface area is 88.1 Å². The van der Waals surface area contributed by atoms with E-state index in [9.17, 15) is 0 Å². The van der Waals surface area contributed by atoms with Crippen LogP contribution in [0.5, 0.6) is 0 Å². The SMILES string of the molecule is CCC1(C2=CC(C)C=C2)CCCCC1. The Morgan fingerprint density at radius 2 is 2.00 bits per heavy atom. The zero-order valence-corrected chi connectivity index (χ0v) is 9.55. The fraction of sp³-hybridized carbons (Fsp3) is 0.714. The maximum absolute atomic E-state index is 2.48. The predicted octanol–water partition coefficient (Wildman–Crippen LogP) is 4.48. The quantitative estimate of drug-likeness (QED) is 0.602. The summed E-state index contributed by atoms with van der Waals surface area (Å²) in [5.41, 5.74) is 2.20. The number of hydrogen-bond acceptors (Lipinski definition) is 0. The lowest BCUT2D eigenvalue weighted by Crippen LogP contribution is -2.24. The molecule has 14 heavy (non-hydrogen) atoms. The molecule has 0 aromatic rings. The van der Waals surface area contributed by atoms with E-state index in [-0.39, 0.29) is 0 Å². The second-order valence-corrected chi connectivity index (χ2v) is 5.03. The highest BCUT2D eigenvalue weighted by Crippen LogP contribution is 2.47. The maximum Gasteiger partial charge on any atom is -0.00526 e. The molecule has 2 aliphatic carbocycles. The summed E-state index contributed by atoms with van der Waals surface area (Å²) < 4.78 is 0. The summed E-state index contributed by atoms with van der Waals surface area (Å²) >= 11 is 0. The first-order valence-corrected chi connectivity index (χ1v) is 6.17. The van der Waals surface area contributed by atoms with E-state index >= 15 is 0 Å². The van der Waals surface area contributed by atoms with E-state index < -0.39 is 0 Å². The van der Waals surface area contributed by atoms with Gasteiger partial charge in [-0.15, -0.1) is 0 Å². The molecule has 0 nitrogen and oxygen atoms in total. The third kappa shape index (κ3) is 1.67. The molecule has 0 heterocycles. The van der Waals surface area contributed by atoms with Crippen LogP contribution in [0.1, 0.15) is 52.4 Å². The van der Waals surface area contributed by atoms with Gasteiger partial charge in [-0.2, -0.15) is 0 Å². The van der Waals surface area contributed by atoms with Crippen LogP contribution < -0.4 is 0 Å². The lowest BCUT2D eigenvalue weighted by Gasteiger charge is -2.37. The molecular formula is C14H22. The second-order valence-electron chi connectivity index (χ2n) is 5.03. The van der Waals surface area contributed by atoms with Crippen LogP contribution in [0.2, 0.25) is 0 Å². The van der Waals surface area contributed by atoms with Crippen molar-refractivity contribution in [1.82, 2.24) is 0 Å². The first-order chi connectivity index (χ1) is 6.77. The molecule has 1 atom stereocenters. The highest BCUT2D eigenvalue weighted by Gasteiger charge is 2.33. The van der Waals surface area contributed by atoms with Gasteiger partial charge in [0.05, 0.1) is 0 Å². The molecule has 0 aromatic carbocycles. The summed E-state index contributed by atoms with van der Waals surface area (Å²) in [5, 5.41) is 0. The van der Waals surface area contributed by atoms with Crippen LogP contribution in [0.25, 0.3) is 0 Å². The van der Waals surface area contributed by atoms with Crippen molar-refractivity contribution in [2.24, 2.45) is 11.3 Å². The van der Waals surface area contributed by atoms with E-state index in [0.29, 0.717) is 11.3 Å². The third-order valence-corrected chi connectivity index (χ3v) is 4.12. The molecule has 0 spiro atoms. The average Bonchev–Trinajstić information content (AvgIpc) is 2.66. The largest absolute Gasteiger partial charge is 0.0776 e. The Morgan fingerprint density at radius 1 is 1.29 bits per heavy atom. The fourth-order valence-electron chi connectivity index (χ4n) is 3.08. The van der Waals surface area contributed by atoms with E-state index in [0.717, 1.165) is 0 Å². The minimum atomic E-state index is 0.555. The summed E-state index contributed by atoms with van der Waals surface area (Å²) in [6, 6.07) is 0. The van der Waals surface area contributed by atoms with Gasteiger partial charge < -0.3 is 0 Å². The third-order valence-electron chi connectivity index (χ3n) is 4.12. The average molecular weight is 190 g/mol. The minimum Gasteiger partial charge on any atom is -0.0776 e. The van der Waals surface area contributed by atoms with Crippen LogP contribution in [0.4, 0.5) is 0 Å². The summed E-state index contributed by atoms with van der Waals surface area (Å²) in [6.07, 6.45) is 15.7. The van der Waals surface area contributed by atoms with Gasteiger partial charge in [0, 0.05) is 0 Å². The highest BCUT2D eigenvalue weighted by atomic mass is 14.4. The lowest BCUT2D eigenvalue weighted by atomic mass is 9.67. The molecule has 78 valence electrons. The molecule has 1 saturated carbocycles. The van der Waals surface area contributed by atoms with Crippen molar-refractivity contribution in [3.63, 3.8) is 0 Å². The van der Waals surface area contributed by atoms with Crippen LogP contribution >= 0.6 is 0 Å². The second kappa shape index (κ2) is 3.92. The first-order valence-electron chi connectivity index (χ1n) is 6.17. The highest BCUT2D eigenvalue weighted by molar-refractivity contribution is 5.34. The summed E-state index contributed by atoms with van der Waals surface area (Å²) in [4.78, 5) is 0. The molecule has 1 unspecified atom stereocenters. The molecule has 0 aliphatic heterocycles. The molecule has 1 fully saturated rings. The molecule has 2 aliphatic rings. The first kappa shape index (κ1) is 10.0. The molecule has 0 radical (unpaired) electrons. The van der Waals surface area contributed by atoms with Gasteiger partial charge in [-0.1, -0.05) is 51.3 Å². The maximum atomic E-state index is 2.48. The Balaban J connectivity index is 2.19. The van der Waals surface area contributed by atoms with Gasteiger partial charge in [0.1, 0.15) is 0 Å². The van der Waals surface area contributed by atoms with Gasteiger partial charge in [-0.3, -0.25) is 0 Å². The Morgan fingerprint density at radius 3 is 2.50 bits per heavy atom. The van der Waals surface area contributed by atoms with Gasteiger partial charge >= 0.3 is 0 Å². The predicted molar refractivity (Wildman–Crippen MR) is 62.2 cm³/mol. The van der Waals surface area contributed by atoms with Crippen LogP contribution in [0.3, 0.4) is 0 Å². The Kier molecular flexibility index (Phi) is 2.80. The van der Waals surface area contributed by atoms with E-state index in [4.69, 9.17) is 0 Å². The molecule has 0 aromatic heterocycles. The molecule has 0 saturated heterocycles. The van der Waals surface area contributed by atoms with Gasteiger partial charge in [0.2, 0.25) is 0 Å². The summed E-state index contributed by atoms with van der Waals surface area (Å²) in [5.74, 6) is 0.676. The number of allylic oxidation sites excluding steroid dienone is 4. The van der Waals surface area contributed by atoms with Gasteiger partial charge in [-0.05, 0) is 36.2 Å². The van der Waals surface area contributed by atoms with Gasteiger partial charge in [0.15, 0.2) is 0 Å². The van der Waals surface area contributed by atoms with E-state index in [1.165, 1.54) is 38.5 Å². The van der Waals surface area contributed by atoms with Crippen molar-refractivity contribution in [3.8, 4) is 0 Å². The summed E-state index contributed by atoms with van der Waals surface area (Å²) in [7, 11) is 0. The van der Waals surface area contributed by atoms with Crippen molar-refractivity contribution in [3.05, 3.63) is 23.8 Å². The molecule has 2 rings (SSSR count). The molecule has 0 N–H and O–H groups in total. The van der Waals surface area contributed by atoms with Crippen molar-refractivity contribution in [2.45, 2.75) is 52.4 Å². The fourth-order valence-corrected chi connectivity index (χ4v) is 3.08. The summed E-state index contributed by atoms with van der Waals surface area (Å²) in [6.45, 7) is 4.65. The smallest absolute Gasteiger partial charge is 0.00526 e. The van der Waals surface area contributed by atoms with E-state index in [2.05, 4.69) is 32.1 Å². The zero-order valence-electron chi connectivity index (χ0n) is 9.55. The van der Waals surface area contributed by atoms with Crippen LogP contribution in [-0.4, -0.2) is 0 Å². The Bertz CT molecular complexity index is 251. The number of hydrogen-bond donors (Lipinski definition) is 0. The van der Waals surface area contributed by atoms with Crippen molar-refractivity contribution >= 4 is 0 Å². The van der Waals surface area contributed by atoms with Crippen LogP contribution in [0.15, 0.2) is 23.8 Å². The topological polar surface area (TPSA) is 0 Å². The van der Waals surface area contributed by atoms with Gasteiger partial charge in [-0.25, -0.2) is 0 Å². The van der Waals surface area contributed by atoms with Crippen LogP contribution in [-0.2, 0) is 0 Å². The Hall–Kier alpha value is -0.520. The van der Waals surface area contributed by atoms with Crippen LogP contribution in [0, 0.1) is 11.3 Å². The molecule has 0 heteroatoms.